The molecule has 0 saturated heterocycles. The highest BCUT2D eigenvalue weighted by molar-refractivity contribution is 6.32. The van der Waals surface area contributed by atoms with Crippen LogP contribution in [0.5, 0.6) is 23.3 Å². The van der Waals surface area contributed by atoms with Gasteiger partial charge in [0.1, 0.15) is 11.5 Å². The standard InChI is InChI=1S/C24H16ClF6NO6/c25-14-7-11(8-16(33)34)5-6-15(14)32-21(35)17-18(22(32)36)20(38-10-24(29,30)31)13-4-2-1-3-12(13)19(17)37-9-23(26,27)28/h1-7,35-36H,8-10H2,(H,33,34). The van der Waals surface area contributed by atoms with Crippen molar-refractivity contribution in [1.82, 2.24) is 4.57 Å². The molecular weight excluding hydrogens is 548 g/mol. The van der Waals surface area contributed by atoms with Crippen LogP contribution in [-0.2, 0) is 11.2 Å². The summed E-state index contributed by atoms with van der Waals surface area (Å²) in [5.74, 6) is -4.14. The molecule has 38 heavy (non-hydrogen) atoms. The van der Waals surface area contributed by atoms with E-state index in [1.165, 1.54) is 42.5 Å². The first-order valence-electron chi connectivity index (χ1n) is 10.6. The summed E-state index contributed by atoms with van der Waals surface area (Å²) >= 11 is 6.25. The number of aromatic hydroxyl groups is 2. The van der Waals surface area contributed by atoms with Crippen molar-refractivity contribution in [3.05, 3.63) is 53.1 Å². The molecule has 4 aromatic rings. The van der Waals surface area contributed by atoms with E-state index in [4.69, 9.17) is 26.2 Å². The molecule has 0 saturated carbocycles. The first-order valence-corrected chi connectivity index (χ1v) is 11.0. The van der Waals surface area contributed by atoms with E-state index in [0.29, 0.717) is 4.57 Å². The number of carboxylic acids is 1. The van der Waals surface area contributed by atoms with Crippen LogP contribution in [0.4, 0.5) is 26.3 Å². The van der Waals surface area contributed by atoms with Crippen LogP contribution in [0.15, 0.2) is 42.5 Å². The summed E-state index contributed by atoms with van der Waals surface area (Å²) in [6.45, 7) is -3.63. The minimum atomic E-state index is -4.82. The molecule has 1 aromatic heterocycles. The van der Waals surface area contributed by atoms with E-state index in [0.717, 1.165) is 0 Å². The van der Waals surface area contributed by atoms with Crippen molar-refractivity contribution >= 4 is 39.1 Å². The molecule has 0 radical (unpaired) electrons. The molecule has 0 aliphatic heterocycles. The zero-order valence-electron chi connectivity index (χ0n) is 18.8. The summed E-state index contributed by atoms with van der Waals surface area (Å²) in [5.41, 5.74) is 0.0932. The third kappa shape index (κ3) is 5.32. The van der Waals surface area contributed by atoms with Crippen molar-refractivity contribution in [3.8, 4) is 28.9 Å². The van der Waals surface area contributed by atoms with Gasteiger partial charge in [-0.2, -0.15) is 26.3 Å². The van der Waals surface area contributed by atoms with E-state index in [1.54, 1.807) is 0 Å². The summed E-state index contributed by atoms with van der Waals surface area (Å²) in [7, 11) is 0. The number of aromatic nitrogens is 1. The molecule has 3 aromatic carbocycles. The Morgan fingerprint density at radius 2 is 1.32 bits per heavy atom. The zero-order valence-corrected chi connectivity index (χ0v) is 19.6. The molecule has 0 spiro atoms. The Kier molecular flexibility index (Phi) is 6.91. The molecule has 202 valence electrons. The van der Waals surface area contributed by atoms with Crippen LogP contribution >= 0.6 is 11.6 Å². The number of aliphatic carboxylic acids is 1. The molecule has 3 N–H and O–H groups in total. The van der Waals surface area contributed by atoms with Gasteiger partial charge in [0.15, 0.2) is 13.2 Å². The molecule has 0 atom stereocenters. The number of carboxylic acid groups (broad SMARTS) is 1. The van der Waals surface area contributed by atoms with Crippen LogP contribution in [0.25, 0.3) is 27.2 Å². The van der Waals surface area contributed by atoms with E-state index in [1.807, 2.05) is 0 Å². The second-order valence-electron chi connectivity index (χ2n) is 8.10. The molecule has 0 aliphatic rings. The fourth-order valence-electron chi connectivity index (χ4n) is 3.98. The molecule has 0 fully saturated rings. The van der Waals surface area contributed by atoms with Crippen molar-refractivity contribution < 1.29 is 55.9 Å². The predicted molar refractivity (Wildman–Crippen MR) is 124 cm³/mol. The smallest absolute Gasteiger partial charge is 0.422 e. The van der Waals surface area contributed by atoms with E-state index in [9.17, 15) is 41.4 Å². The third-order valence-corrected chi connectivity index (χ3v) is 5.66. The van der Waals surface area contributed by atoms with Crippen LogP contribution in [0.3, 0.4) is 0 Å². The highest BCUT2D eigenvalue weighted by Gasteiger charge is 2.34. The van der Waals surface area contributed by atoms with Crippen LogP contribution in [-0.4, -0.2) is 51.4 Å². The molecule has 0 aliphatic carbocycles. The summed E-state index contributed by atoms with van der Waals surface area (Å²) in [6, 6.07) is 9.00. The quantitative estimate of drug-likeness (QED) is 0.226. The minimum Gasteiger partial charge on any atom is -0.494 e. The maximum Gasteiger partial charge on any atom is 0.422 e. The number of ether oxygens (including phenoxy) is 2. The van der Waals surface area contributed by atoms with Crippen LogP contribution in [0, 0.1) is 0 Å². The summed E-state index contributed by atoms with van der Waals surface area (Å²) < 4.78 is 89.0. The predicted octanol–water partition coefficient (Wildman–Crippen LogP) is 6.36. The van der Waals surface area contributed by atoms with Crippen molar-refractivity contribution in [2.75, 3.05) is 13.2 Å². The van der Waals surface area contributed by atoms with Crippen molar-refractivity contribution in [1.29, 1.82) is 0 Å². The first kappa shape index (κ1) is 27.0. The fourth-order valence-corrected chi connectivity index (χ4v) is 4.27. The SMILES string of the molecule is O=C(O)Cc1ccc(-n2c(O)c3c(OCC(F)(F)F)c4ccccc4c(OCC(F)(F)F)c3c2O)c(Cl)c1. The Morgan fingerprint density at radius 3 is 1.71 bits per heavy atom. The van der Waals surface area contributed by atoms with E-state index in [2.05, 4.69) is 0 Å². The molecule has 0 amide bonds. The van der Waals surface area contributed by atoms with Crippen LogP contribution in [0.2, 0.25) is 5.02 Å². The third-order valence-electron chi connectivity index (χ3n) is 5.36. The number of rotatable bonds is 7. The Morgan fingerprint density at radius 1 is 0.842 bits per heavy atom. The zero-order chi connectivity index (χ0) is 28.0. The maximum absolute atomic E-state index is 13.1. The highest BCUT2D eigenvalue weighted by Crippen LogP contribution is 2.53. The Hall–Kier alpha value is -4.00. The average molecular weight is 564 g/mol. The van der Waals surface area contributed by atoms with E-state index >= 15 is 0 Å². The van der Waals surface area contributed by atoms with Gasteiger partial charge in [0.25, 0.3) is 0 Å². The largest absolute Gasteiger partial charge is 0.494 e. The number of alkyl halides is 6. The molecule has 7 nitrogen and oxygen atoms in total. The lowest BCUT2D eigenvalue weighted by molar-refractivity contribution is -0.154. The number of fused-ring (bicyclic) bond motifs is 2. The van der Waals surface area contributed by atoms with Crippen molar-refractivity contribution in [3.63, 3.8) is 0 Å². The van der Waals surface area contributed by atoms with Gasteiger partial charge in [-0.1, -0.05) is 41.9 Å². The van der Waals surface area contributed by atoms with Crippen LogP contribution in [0.1, 0.15) is 5.56 Å². The highest BCUT2D eigenvalue weighted by atomic mass is 35.5. The molecule has 1 heterocycles. The first-order chi connectivity index (χ1) is 17.7. The van der Waals surface area contributed by atoms with Gasteiger partial charge in [-0.05, 0) is 17.7 Å². The second-order valence-corrected chi connectivity index (χ2v) is 8.51. The second kappa shape index (κ2) is 9.71. The number of carbonyl (C=O) groups is 1. The lowest BCUT2D eigenvalue weighted by atomic mass is 10.0. The van der Waals surface area contributed by atoms with Gasteiger partial charge in [0, 0.05) is 10.8 Å². The van der Waals surface area contributed by atoms with E-state index < -0.39 is 72.0 Å². The van der Waals surface area contributed by atoms with Gasteiger partial charge in [0.2, 0.25) is 11.8 Å². The topological polar surface area (TPSA) is 101 Å². The van der Waals surface area contributed by atoms with Gasteiger partial charge < -0.3 is 24.8 Å². The summed E-state index contributed by atoms with van der Waals surface area (Å²) in [6.07, 6.45) is -10.0. The Balaban J connectivity index is 2.06. The number of benzene rings is 3. The monoisotopic (exact) mass is 563 g/mol. The lowest BCUT2D eigenvalue weighted by Gasteiger charge is -2.17. The van der Waals surface area contributed by atoms with Crippen molar-refractivity contribution in [2.45, 2.75) is 18.8 Å². The number of halogens is 7. The molecule has 4 rings (SSSR count). The molecule has 14 heteroatoms. The van der Waals surface area contributed by atoms with Gasteiger partial charge in [-0.15, -0.1) is 0 Å². The summed E-state index contributed by atoms with van der Waals surface area (Å²) in [5, 5.41) is 29.6. The van der Waals surface area contributed by atoms with Gasteiger partial charge >= 0.3 is 18.3 Å². The fraction of sp³-hybridized carbons (Fsp3) is 0.208. The Bertz CT molecular complexity index is 1470. The van der Waals surface area contributed by atoms with E-state index in [-0.39, 0.29) is 27.0 Å². The maximum atomic E-state index is 13.1. The number of hydrogen-bond donors (Lipinski definition) is 3. The number of nitrogens with zero attached hydrogens (tertiary/aromatic N) is 1. The molecular formula is C24H16ClF6NO6. The average Bonchev–Trinajstić information content (AvgIpc) is 3.05. The lowest BCUT2D eigenvalue weighted by Crippen LogP contribution is -2.20. The summed E-state index contributed by atoms with van der Waals surface area (Å²) in [4.78, 5) is 11.0. The van der Waals surface area contributed by atoms with Crippen molar-refractivity contribution in [2.24, 2.45) is 0 Å². The molecule has 0 unspecified atom stereocenters. The van der Waals surface area contributed by atoms with Gasteiger partial charge in [-0.25, -0.2) is 4.57 Å². The van der Waals surface area contributed by atoms with Gasteiger partial charge in [-0.3, -0.25) is 4.79 Å². The minimum absolute atomic E-state index is 0.128. The Labute approximate surface area is 214 Å². The van der Waals surface area contributed by atoms with Gasteiger partial charge in [0.05, 0.1) is 27.9 Å². The normalized spacial score (nSPS) is 12.3. The molecule has 0 bridgehead atoms. The number of hydrogen-bond acceptors (Lipinski definition) is 5. The van der Waals surface area contributed by atoms with Crippen LogP contribution < -0.4 is 9.47 Å².